The Morgan fingerprint density at radius 3 is 2.33 bits per heavy atom. The van der Waals surface area contributed by atoms with Crippen LogP contribution in [0.5, 0.6) is 0 Å². The first-order chi connectivity index (χ1) is 11.2. The molecule has 0 spiro atoms. The lowest BCUT2D eigenvalue weighted by Gasteiger charge is -2.17. The number of carbonyl (C=O) groups is 1. The zero-order valence-corrected chi connectivity index (χ0v) is 16.2. The van der Waals surface area contributed by atoms with Crippen LogP contribution in [0.15, 0.2) is 57.9 Å². The molecule has 128 valence electrons. The monoisotopic (exact) mass is 409 g/mol. The molecule has 0 aliphatic rings. The molecule has 2 aromatic carbocycles. The van der Waals surface area contributed by atoms with Crippen LogP contribution in [0.4, 0.5) is 0 Å². The lowest BCUT2D eigenvalue weighted by atomic mass is 10.1. The van der Waals surface area contributed by atoms with Crippen molar-refractivity contribution >= 4 is 31.7 Å². The number of benzene rings is 2. The van der Waals surface area contributed by atoms with Gasteiger partial charge in [0.2, 0.25) is 0 Å². The topological polar surface area (TPSA) is 63.2 Å². The van der Waals surface area contributed by atoms with E-state index in [-0.39, 0.29) is 16.5 Å². The second-order valence-electron chi connectivity index (χ2n) is 5.84. The summed E-state index contributed by atoms with van der Waals surface area (Å²) in [7, 11) is -3.53. The fourth-order valence-electron chi connectivity index (χ4n) is 2.29. The van der Waals surface area contributed by atoms with Crippen molar-refractivity contribution in [1.82, 2.24) is 5.32 Å². The molecule has 24 heavy (non-hydrogen) atoms. The molecule has 0 aliphatic heterocycles. The minimum Gasteiger partial charge on any atom is -0.345 e. The van der Waals surface area contributed by atoms with E-state index in [9.17, 15) is 13.2 Å². The summed E-state index contributed by atoms with van der Waals surface area (Å²) in [5.74, 6) is -0.401. The van der Waals surface area contributed by atoms with E-state index in [0.29, 0.717) is 0 Å². The first-order valence-electron chi connectivity index (χ1n) is 7.62. The van der Waals surface area contributed by atoms with Crippen molar-refractivity contribution in [1.29, 1.82) is 0 Å². The summed E-state index contributed by atoms with van der Waals surface area (Å²) in [4.78, 5) is 12.7. The van der Waals surface area contributed by atoms with E-state index in [0.717, 1.165) is 10.0 Å². The molecule has 2 aromatic rings. The number of amides is 1. The quantitative estimate of drug-likeness (QED) is 0.807. The van der Waals surface area contributed by atoms with Gasteiger partial charge in [-0.1, -0.05) is 40.2 Å². The summed E-state index contributed by atoms with van der Waals surface area (Å²) in [6, 6.07) is 13.7. The highest BCUT2D eigenvalue weighted by Gasteiger charge is 2.25. The molecule has 0 radical (unpaired) electrons. The molecule has 0 heterocycles. The van der Waals surface area contributed by atoms with Crippen LogP contribution in [0, 0.1) is 0 Å². The van der Waals surface area contributed by atoms with Gasteiger partial charge in [0.05, 0.1) is 21.8 Å². The van der Waals surface area contributed by atoms with E-state index in [4.69, 9.17) is 0 Å². The maximum Gasteiger partial charge on any atom is 0.253 e. The number of rotatable bonds is 5. The number of hydrogen-bond donors (Lipinski definition) is 1. The SMILES string of the molecule is CC(NC(=O)c1ccccc1S(=O)(=O)C(C)C)c1cccc(Br)c1. The molecular weight excluding hydrogens is 390 g/mol. The van der Waals surface area contributed by atoms with E-state index in [1.54, 1.807) is 26.0 Å². The highest BCUT2D eigenvalue weighted by Crippen LogP contribution is 2.22. The lowest BCUT2D eigenvalue weighted by Crippen LogP contribution is -2.29. The Morgan fingerprint density at radius 2 is 1.71 bits per heavy atom. The van der Waals surface area contributed by atoms with Gasteiger partial charge in [-0.2, -0.15) is 0 Å². The molecule has 0 fully saturated rings. The number of hydrogen-bond acceptors (Lipinski definition) is 3. The number of nitrogens with one attached hydrogen (secondary N) is 1. The summed E-state index contributed by atoms with van der Waals surface area (Å²) in [5.41, 5.74) is 1.11. The average molecular weight is 410 g/mol. The van der Waals surface area contributed by atoms with E-state index in [1.165, 1.54) is 12.1 Å². The molecule has 4 nitrogen and oxygen atoms in total. The third-order valence-electron chi connectivity index (χ3n) is 3.76. The zero-order chi connectivity index (χ0) is 17.9. The van der Waals surface area contributed by atoms with Gasteiger partial charge in [-0.15, -0.1) is 0 Å². The highest BCUT2D eigenvalue weighted by molar-refractivity contribution is 9.10. The van der Waals surface area contributed by atoms with Gasteiger partial charge in [-0.3, -0.25) is 4.79 Å². The Kier molecular flexibility index (Phi) is 5.83. The van der Waals surface area contributed by atoms with Crippen LogP contribution in [-0.4, -0.2) is 19.6 Å². The Labute approximate surface area is 151 Å². The van der Waals surface area contributed by atoms with Crippen molar-refractivity contribution in [3.8, 4) is 0 Å². The maximum atomic E-state index is 12.6. The first kappa shape index (κ1) is 18.7. The van der Waals surface area contributed by atoms with Gasteiger partial charge in [-0.25, -0.2) is 8.42 Å². The summed E-state index contributed by atoms with van der Waals surface area (Å²) >= 11 is 3.40. The Balaban J connectivity index is 2.31. The normalized spacial score (nSPS) is 12.9. The molecule has 6 heteroatoms. The number of carbonyl (C=O) groups excluding carboxylic acids is 1. The van der Waals surface area contributed by atoms with Gasteiger partial charge in [0, 0.05) is 4.47 Å². The summed E-state index contributed by atoms with van der Waals surface area (Å²) in [6.45, 7) is 5.07. The fraction of sp³-hybridized carbons (Fsp3) is 0.278. The molecule has 0 saturated carbocycles. The smallest absolute Gasteiger partial charge is 0.253 e. The van der Waals surface area contributed by atoms with Gasteiger partial charge < -0.3 is 5.32 Å². The van der Waals surface area contributed by atoms with E-state index >= 15 is 0 Å². The van der Waals surface area contributed by atoms with Crippen LogP contribution in [0.2, 0.25) is 0 Å². The standard InChI is InChI=1S/C18H20BrNO3S/c1-12(2)24(22,23)17-10-5-4-9-16(17)18(21)20-13(3)14-7-6-8-15(19)11-14/h4-13H,1-3H3,(H,20,21). The highest BCUT2D eigenvalue weighted by atomic mass is 79.9. The van der Waals surface area contributed by atoms with Crippen molar-refractivity contribution in [2.45, 2.75) is 37.0 Å². The molecular formula is C18H20BrNO3S. The molecule has 0 bridgehead atoms. The largest absolute Gasteiger partial charge is 0.345 e. The van der Waals surface area contributed by atoms with Gasteiger partial charge >= 0.3 is 0 Å². The van der Waals surface area contributed by atoms with Crippen LogP contribution in [0.3, 0.4) is 0 Å². The molecule has 2 rings (SSSR count). The number of halogens is 1. The Bertz CT molecular complexity index is 847. The summed E-state index contributed by atoms with van der Waals surface area (Å²) in [5, 5.41) is 2.28. The van der Waals surface area contributed by atoms with Crippen LogP contribution in [-0.2, 0) is 9.84 Å². The molecule has 1 amide bonds. The predicted octanol–water partition coefficient (Wildman–Crippen LogP) is 4.12. The van der Waals surface area contributed by atoms with Crippen molar-refractivity contribution in [2.75, 3.05) is 0 Å². The van der Waals surface area contributed by atoms with Gasteiger partial charge in [-0.05, 0) is 50.6 Å². The average Bonchev–Trinajstić information content (AvgIpc) is 2.54. The number of sulfone groups is 1. The second-order valence-corrected chi connectivity index (χ2v) is 9.23. The van der Waals surface area contributed by atoms with Crippen molar-refractivity contribution in [2.24, 2.45) is 0 Å². The third kappa shape index (κ3) is 4.05. The Hall–Kier alpha value is -1.66. The van der Waals surface area contributed by atoms with Crippen LogP contribution < -0.4 is 5.32 Å². The van der Waals surface area contributed by atoms with Gasteiger partial charge in [0.15, 0.2) is 9.84 Å². The van der Waals surface area contributed by atoms with Crippen molar-refractivity contribution < 1.29 is 13.2 Å². The van der Waals surface area contributed by atoms with Crippen molar-refractivity contribution in [3.63, 3.8) is 0 Å². The molecule has 0 saturated heterocycles. The minimum absolute atomic E-state index is 0.0685. The van der Waals surface area contributed by atoms with Crippen molar-refractivity contribution in [3.05, 3.63) is 64.1 Å². The van der Waals surface area contributed by atoms with Gasteiger partial charge in [0.1, 0.15) is 0 Å². The molecule has 0 aliphatic carbocycles. The lowest BCUT2D eigenvalue weighted by molar-refractivity contribution is 0.0936. The van der Waals surface area contributed by atoms with Crippen LogP contribution in [0.25, 0.3) is 0 Å². The first-order valence-corrected chi connectivity index (χ1v) is 9.96. The van der Waals surface area contributed by atoms with E-state index < -0.39 is 21.0 Å². The molecule has 1 N–H and O–H groups in total. The Morgan fingerprint density at radius 1 is 1.04 bits per heavy atom. The summed E-state index contributed by atoms with van der Waals surface area (Å²) < 4.78 is 25.9. The maximum absolute atomic E-state index is 12.6. The van der Waals surface area contributed by atoms with Crippen LogP contribution in [0.1, 0.15) is 42.7 Å². The fourth-order valence-corrected chi connectivity index (χ4v) is 3.95. The second kappa shape index (κ2) is 7.49. The molecule has 1 atom stereocenters. The molecule has 0 aromatic heterocycles. The summed E-state index contributed by atoms with van der Waals surface area (Å²) in [6.07, 6.45) is 0. The van der Waals surface area contributed by atoms with Gasteiger partial charge in [0.25, 0.3) is 5.91 Å². The van der Waals surface area contributed by atoms with Crippen LogP contribution >= 0.6 is 15.9 Å². The van der Waals surface area contributed by atoms with E-state index in [2.05, 4.69) is 21.2 Å². The third-order valence-corrected chi connectivity index (χ3v) is 6.46. The molecule has 1 unspecified atom stereocenters. The minimum atomic E-state index is -3.53. The zero-order valence-electron chi connectivity index (χ0n) is 13.8. The van der Waals surface area contributed by atoms with E-state index in [1.807, 2.05) is 31.2 Å². The predicted molar refractivity (Wildman–Crippen MR) is 98.8 cm³/mol.